The number of halogens is 3. The Kier molecular flexibility index (Phi) is 5.40. The van der Waals surface area contributed by atoms with Gasteiger partial charge in [0.25, 0.3) is 0 Å². The lowest BCUT2D eigenvalue weighted by Crippen LogP contribution is -2.47. The number of likely N-dealkylation sites (N-methyl/N-ethyl adjacent to an activating group) is 1. The van der Waals surface area contributed by atoms with Gasteiger partial charge in [0.05, 0.1) is 12.1 Å². The Labute approximate surface area is 126 Å². The third kappa shape index (κ3) is 4.87. The van der Waals surface area contributed by atoms with Crippen LogP contribution >= 0.6 is 0 Å². The molecule has 5 nitrogen and oxygen atoms in total. The molecule has 0 spiro atoms. The van der Waals surface area contributed by atoms with Crippen LogP contribution in [-0.2, 0) is 9.53 Å². The fraction of sp³-hybridized carbons (Fsp3) is 0.714. The summed E-state index contributed by atoms with van der Waals surface area (Å²) in [5.74, 6) is 0. The summed E-state index contributed by atoms with van der Waals surface area (Å²) in [6.07, 6.45) is -3.34. The molecule has 8 heteroatoms. The number of amides is 1. The molecule has 0 bridgehead atoms. The van der Waals surface area contributed by atoms with E-state index in [-0.39, 0.29) is 6.42 Å². The molecule has 0 aromatic heterocycles. The molecule has 0 aromatic rings. The molecule has 22 heavy (non-hydrogen) atoms. The van der Waals surface area contributed by atoms with Crippen molar-refractivity contribution in [3.05, 3.63) is 11.6 Å². The van der Waals surface area contributed by atoms with Gasteiger partial charge < -0.3 is 9.64 Å². The van der Waals surface area contributed by atoms with Gasteiger partial charge >= 0.3 is 12.3 Å². The van der Waals surface area contributed by atoms with Gasteiger partial charge in [-0.15, -0.1) is 0 Å². The predicted molar refractivity (Wildman–Crippen MR) is 73.1 cm³/mol. The van der Waals surface area contributed by atoms with E-state index in [1.165, 1.54) is 18.0 Å². The zero-order valence-corrected chi connectivity index (χ0v) is 12.9. The van der Waals surface area contributed by atoms with Crippen molar-refractivity contribution in [2.45, 2.75) is 57.5 Å². The van der Waals surface area contributed by atoms with E-state index in [1.54, 1.807) is 20.8 Å². The highest BCUT2D eigenvalue weighted by molar-refractivity contribution is 5.68. The first-order valence-electron chi connectivity index (χ1n) is 6.74. The molecule has 0 saturated carbocycles. The molecule has 1 aliphatic carbocycles. The van der Waals surface area contributed by atoms with Gasteiger partial charge in [0.15, 0.2) is 0 Å². The second-order valence-electron chi connectivity index (χ2n) is 6.11. The van der Waals surface area contributed by atoms with Crippen molar-refractivity contribution in [3.63, 3.8) is 0 Å². The topological polar surface area (TPSA) is 59.0 Å². The van der Waals surface area contributed by atoms with E-state index >= 15 is 0 Å². The van der Waals surface area contributed by atoms with Gasteiger partial charge in [-0.3, -0.25) is 0 Å². The Hall–Kier alpha value is -1.82. The number of ether oxygens (including phenoxy) is 1. The second-order valence-corrected chi connectivity index (χ2v) is 6.11. The number of carbonyl (C=O) groups excluding carboxylic acids is 2. The van der Waals surface area contributed by atoms with Crippen LogP contribution in [0.4, 0.5) is 18.0 Å². The number of carbonyl (C=O) groups is 1. The normalized spacial score (nSPS) is 22.4. The van der Waals surface area contributed by atoms with Crippen molar-refractivity contribution >= 4 is 12.2 Å². The molecular weight excluding hydrogens is 301 g/mol. The molecule has 0 radical (unpaired) electrons. The fourth-order valence-electron chi connectivity index (χ4n) is 2.18. The number of aliphatic imine (C=N–C) groups is 1. The highest BCUT2D eigenvalue weighted by Gasteiger charge is 2.41. The SMILES string of the molecule is CN(C(=O)OC(C)(C)C)[C@H]1CC=C(C(F)(F)F)C[C@@H]1N=C=O. The standard InChI is InChI=1S/C14H19F3N2O3/c1-13(2,3)22-12(21)19(4)11-6-5-9(14(15,16)17)7-10(11)18-8-20/h5,10-11H,6-7H2,1-4H3/t10-,11-/m0/s1. The summed E-state index contributed by atoms with van der Waals surface area (Å²) in [5, 5.41) is 0. The highest BCUT2D eigenvalue weighted by Crippen LogP contribution is 2.35. The number of hydrogen-bond acceptors (Lipinski definition) is 4. The zero-order valence-electron chi connectivity index (χ0n) is 12.9. The van der Waals surface area contributed by atoms with Gasteiger partial charge in [-0.05, 0) is 27.2 Å². The number of nitrogens with zero attached hydrogens (tertiary/aromatic N) is 2. The first-order valence-corrected chi connectivity index (χ1v) is 6.74. The Bertz CT molecular complexity index is 502. The molecule has 2 atom stereocenters. The van der Waals surface area contributed by atoms with Gasteiger partial charge in [-0.2, -0.15) is 13.2 Å². The Morgan fingerprint density at radius 3 is 2.45 bits per heavy atom. The molecule has 0 fully saturated rings. The van der Waals surface area contributed by atoms with E-state index in [0.29, 0.717) is 0 Å². The fourth-order valence-corrected chi connectivity index (χ4v) is 2.18. The number of isocyanates is 1. The molecule has 0 aromatic carbocycles. The smallest absolute Gasteiger partial charge is 0.412 e. The van der Waals surface area contributed by atoms with Crippen molar-refractivity contribution in [2.24, 2.45) is 4.99 Å². The second kappa shape index (κ2) is 6.52. The highest BCUT2D eigenvalue weighted by atomic mass is 19.4. The molecule has 0 aliphatic heterocycles. The van der Waals surface area contributed by atoms with Crippen LogP contribution < -0.4 is 0 Å². The van der Waals surface area contributed by atoms with Crippen molar-refractivity contribution in [2.75, 3.05) is 7.05 Å². The summed E-state index contributed by atoms with van der Waals surface area (Å²) in [5.41, 5.74) is -1.47. The summed E-state index contributed by atoms with van der Waals surface area (Å²) < 4.78 is 43.4. The molecule has 0 saturated heterocycles. The van der Waals surface area contributed by atoms with Crippen LogP contribution in [0.15, 0.2) is 16.6 Å². The van der Waals surface area contributed by atoms with E-state index < -0.39 is 41.9 Å². The lowest BCUT2D eigenvalue weighted by molar-refractivity contribution is -0.0963. The Balaban J connectivity index is 2.95. The number of rotatable bonds is 2. The third-order valence-corrected chi connectivity index (χ3v) is 3.24. The summed E-state index contributed by atoms with van der Waals surface area (Å²) >= 11 is 0. The largest absolute Gasteiger partial charge is 0.444 e. The average Bonchev–Trinajstić information content (AvgIpc) is 2.35. The van der Waals surface area contributed by atoms with Crippen LogP contribution in [0.25, 0.3) is 0 Å². The van der Waals surface area contributed by atoms with Crippen LogP contribution in [-0.4, -0.2) is 48.0 Å². The minimum Gasteiger partial charge on any atom is -0.444 e. The minimum atomic E-state index is -4.47. The van der Waals surface area contributed by atoms with Crippen molar-refractivity contribution < 1.29 is 27.5 Å². The van der Waals surface area contributed by atoms with Gasteiger partial charge in [-0.1, -0.05) is 6.08 Å². The molecule has 0 heterocycles. The van der Waals surface area contributed by atoms with E-state index in [0.717, 1.165) is 6.08 Å². The van der Waals surface area contributed by atoms with Crippen LogP contribution in [0.1, 0.15) is 33.6 Å². The summed E-state index contributed by atoms with van der Waals surface area (Å²) in [6, 6.07) is -1.67. The Morgan fingerprint density at radius 2 is 2.00 bits per heavy atom. The summed E-state index contributed by atoms with van der Waals surface area (Å²) in [4.78, 5) is 27.1. The number of alkyl halides is 3. The van der Waals surface area contributed by atoms with Crippen LogP contribution in [0.3, 0.4) is 0 Å². The predicted octanol–water partition coefficient (Wildman–Crippen LogP) is 3.21. The average molecular weight is 320 g/mol. The molecule has 1 amide bonds. The van der Waals surface area contributed by atoms with Crippen LogP contribution in [0, 0.1) is 0 Å². The maximum atomic E-state index is 12.8. The molecule has 1 rings (SSSR count). The molecule has 0 N–H and O–H groups in total. The van der Waals surface area contributed by atoms with Gasteiger partial charge in [0.1, 0.15) is 5.60 Å². The van der Waals surface area contributed by atoms with E-state index in [4.69, 9.17) is 4.74 Å². The van der Waals surface area contributed by atoms with Crippen LogP contribution in [0.2, 0.25) is 0 Å². The lowest BCUT2D eigenvalue weighted by atomic mass is 9.89. The lowest BCUT2D eigenvalue weighted by Gasteiger charge is -2.36. The van der Waals surface area contributed by atoms with Crippen molar-refractivity contribution in [1.29, 1.82) is 0 Å². The van der Waals surface area contributed by atoms with Gasteiger partial charge in [-0.25, -0.2) is 14.6 Å². The molecular formula is C14H19F3N2O3. The maximum Gasteiger partial charge on any atom is 0.412 e. The van der Waals surface area contributed by atoms with E-state index in [9.17, 15) is 22.8 Å². The van der Waals surface area contributed by atoms with Gasteiger partial charge in [0.2, 0.25) is 6.08 Å². The van der Waals surface area contributed by atoms with Crippen LogP contribution in [0.5, 0.6) is 0 Å². The van der Waals surface area contributed by atoms with Gasteiger partial charge in [0, 0.05) is 19.0 Å². The first-order chi connectivity index (χ1) is 9.95. The van der Waals surface area contributed by atoms with E-state index in [2.05, 4.69) is 4.99 Å². The number of hydrogen-bond donors (Lipinski definition) is 0. The Morgan fingerprint density at radius 1 is 1.41 bits per heavy atom. The maximum absolute atomic E-state index is 12.8. The molecule has 124 valence electrons. The summed E-state index contributed by atoms with van der Waals surface area (Å²) in [7, 11) is 1.42. The quantitative estimate of drug-likeness (QED) is 0.446. The van der Waals surface area contributed by atoms with Crippen molar-refractivity contribution in [1.82, 2.24) is 4.90 Å². The molecule has 0 unspecified atom stereocenters. The van der Waals surface area contributed by atoms with Crippen molar-refractivity contribution in [3.8, 4) is 0 Å². The monoisotopic (exact) mass is 320 g/mol. The zero-order chi connectivity index (χ0) is 17.1. The third-order valence-electron chi connectivity index (χ3n) is 3.24. The molecule has 1 aliphatic rings. The first kappa shape index (κ1) is 18.2. The van der Waals surface area contributed by atoms with E-state index in [1.807, 2.05) is 0 Å². The minimum absolute atomic E-state index is 0.0551. The summed E-state index contributed by atoms with van der Waals surface area (Å²) in [6.45, 7) is 5.05.